The summed E-state index contributed by atoms with van der Waals surface area (Å²) in [6, 6.07) is -0.382. The Morgan fingerprint density at radius 3 is 2.76 bits per heavy atom. The minimum absolute atomic E-state index is 0.220. The van der Waals surface area contributed by atoms with E-state index < -0.39 is 17.8 Å². The molecule has 5 nitrogen and oxygen atoms in total. The standard InChI is InChI=1S/C11H18ClNO4/c1-11(2,3)17-10(15)13-4-6(12)9-8(13)7(14)5-16-9/h6-9,14H,4-5H2,1-3H3/t6-,7+,8-,9-/m1/s1. The number of likely N-dealkylation sites (tertiary alicyclic amines) is 1. The van der Waals surface area contributed by atoms with E-state index in [1.165, 1.54) is 4.90 Å². The lowest BCUT2D eigenvalue weighted by atomic mass is 10.1. The van der Waals surface area contributed by atoms with Crippen LogP contribution in [0.4, 0.5) is 4.79 Å². The van der Waals surface area contributed by atoms with Gasteiger partial charge in [-0.05, 0) is 20.8 Å². The maximum atomic E-state index is 12.0. The second-order valence-electron chi connectivity index (χ2n) is 5.50. The van der Waals surface area contributed by atoms with Gasteiger partial charge < -0.3 is 14.6 Å². The average molecular weight is 264 g/mol. The number of halogens is 1. The molecule has 2 heterocycles. The minimum Gasteiger partial charge on any atom is -0.444 e. The average Bonchev–Trinajstić information content (AvgIpc) is 2.67. The van der Waals surface area contributed by atoms with E-state index in [1.807, 2.05) is 0 Å². The van der Waals surface area contributed by atoms with Crippen LogP contribution in [-0.2, 0) is 9.47 Å². The highest BCUT2D eigenvalue weighted by Gasteiger charge is 2.52. The van der Waals surface area contributed by atoms with Crippen LogP contribution in [0.15, 0.2) is 0 Å². The van der Waals surface area contributed by atoms with E-state index in [0.29, 0.717) is 6.54 Å². The number of rotatable bonds is 0. The van der Waals surface area contributed by atoms with Gasteiger partial charge in [-0.15, -0.1) is 11.6 Å². The van der Waals surface area contributed by atoms with Gasteiger partial charge in [-0.2, -0.15) is 0 Å². The number of aliphatic hydroxyl groups excluding tert-OH is 1. The lowest BCUT2D eigenvalue weighted by Gasteiger charge is -2.28. The molecule has 0 spiro atoms. The van der Waals surface area contributed by atoms with Crippen LogP contribution >= 0.6 is 11.6 Å². The number of hydrogen-bond acceptors (Lipinski definition) is 4. The van der Waals surface area contributed by atoms with Gasteiger partial charge in [0.05, 0.1) is 24.1 Å². The quantitative estimate of drug-likeness (QED) is 0.662. The van der Waals surface area contributed by atoms with Gasteiger partial charge >= 0.3 is 6.09 Å². The van der Waals surface area contributed by atoms with Crippen molar-refractivity contribution < 1.29 is 19.4 Å². The number of ether oxygens (including phenoxy) is 2. The van der Waals surface area contributed by atoms with Crippen molar-refractivity contribution in [2.24, 2.45) is 0 Å². The fraction of sp³-hybridized carbons (Fsp3) is 0.909. The normalized spacial score (nSPS) is 37.1. The Hall–Kier alpha value is -0.520. The van der Waals surface area contributed by atoms with Crippen molar-refractivity contribution in [3.8, 4) is 0 Å². The van der Waals surface area contributed by atoms with Crippen LogP contribution in [0, 0.1) is 0 Å². The number of alkyl halides is 1. The molecule has 0 bridgehead atoms. The van der Waals surface area contributed by atoms with Gasteiger partial charge in [0.2, 0.25) is 0 Å². The molecule has 2 rings (SSSR count). The zero-order valence-electron chi connectivity index (χ0n) is 10.2. The van der Waals surface area contributed by atoms with Crippen LogP contribution < -0.4 is 0 Å². The zero-order chi connectivity index (χ0) is 12.8. The summed E-state index contributed by atoms with van der Waals surface area (Å²) in [6.45, 7) is 5.98. The molecule has 1 amide bonds. The van der Waals surface area contributed by atoms with Gasteiger partial charge in [-0.25, -0.2) is 4.79 Å². The van der Waals surface area contributed by atoms with Crippen LogP contribution in [0.3, 0.4) is 0 Å². The molecule has 2 fully saturated rings. The van der Waals surface area contributed by atoms with Crippen molar-refractivity contribution in [1.82, 2.24) is 4.90 Å². The Balaban J connectivity index is 2.08. The number of nitrogens with zero attached hydrogens (tertiary/aromatic N) is 1. The molecular formula is C11H18ClNO4. The molecule has 4 atom stereocenters. The summed E-state index contributed by atoms with van der Waals surface area (Å²) in [5.74, 6) is 0. The van der Waals surface area contributed by atoms with Gasteiger partial charge in [0.25, 0.3) is 0 Å². The first-order chi connectivity index (χ1) is 7.79. The maximum Gasteiger partial charge on any atom is 0.410 e. The van der Waals surface area contributed by atoms with E-state index in [4.69, 9.17) is 21.1 Å². The number of carbonyl (C=O) groups excluding carboxylic acids is 1. The molecule has 0 unspecified atom stereocenters. The second kappa shape index (κ2) is 4.30. The first kappa shape index (κ1) is 12.9. The van der Waals surface area contributed by atoms with Crippen molar-refractivity contribution in [2.75, 3.05) is 13.2 Å². The molecule has 0 aromatic rings. The first-order valence-electron chi connectivity index (χ1n) is 5.73. The summed E-state index contributed by atoms with van der Waals surface area (Å²) in [5, 5.41) is 9.51. The largest absolute Gasteiger partial charge is 0.444 e. The number of amides is 1. The van der Waals surface area contributed by atoms with Gasteiger partial charge in [-0.1, -0.05) is 0 Å². The van der Waals surface area contributed by atoms with Crippen molar-refractivity contribution in [3.63, 3.8) is 0 Å². The Bertz CT molecular complexity index is 317. The van der Waals surface area contributed by atoms with E-state index in [1.54, 1.807) is 20.8 Å². The lowest BCUT2D eigenvalue weighted by Crippen LogP contribution is -2.46. The highest BCUT2D eigenvalue weighted by Crippen LogP contribution is 2.33. The summed E-state index contributed by atoms with van der Waals surface area (Å²) in [5.41, 5.74) is -0.554. The molecule has 98 valence electrons. The number of hydrogen-bond donors (Lipinski definition) is 1. The van der Waals surface area contributed by atoms with Crippen LogP contribution in [0.1, 0.15) is 20.8 Å². The van der Waals surface area contributed by atoms with E-state index >= 15 is 0 Å². The zero-order valence-corrected chi connectivity index (χ0v) is 11.0. The number of carbonyl (C=O) groups is 1. The third-order valence-corrected chi connectivity index (χ3v) is 3.29. The molecular weight excluding hydrogens is 246 g/mol. The van der Waals surface area contributed by atoms with Crippen molar-refractivity contribution in [3.05, 3.63) is 0 Å². The topological polar surface area (TPSA) is 59.0 Å². The highest BCUT2D eigenvalue weighted by atomic mass is 35.5. The van der Waals surface area contributed by atoms with E-state index in [-0.39, 0.29) is 24.1 Å². The molecule has 6 heteroatoms. The molecule has 0 aromatic carbocycles. The predicted molar refractivity (Wildman–Crippen MR) is 62.1 cm³/mol. The predicted octanol–water partition coefficient (Wildman–Crippen LogP) is 0.973. The summed E-state index contributed by atoms with van der Waals surface area (Å²) in [4.78, 5) is 13.5. The molecule has 2 saturated heterocycles. The molecule has 0 aliphatic carbocycles. The van der Waals surface area contributed by atoms with Gasteiger partial charge in [0.15, 0.2) is 0 Å². The summed E-state index contributed by atoms with van der Waals surface area (Å²) >= 11 is 6.10. The highest BCUT2D eigenvalue weighted by molar-refractivity contribution is 6.21. The summed E-state index contributed by atoms with van der Waals surface area (Å²) in [6.07, 6.45) is -1.42. The SMILES string of the molecule is CC(C)(C)OC(=O)N1C[C@@H](Cl)[C@H]2OC[C@H](O)[C@H]21. The van der Waals surface area contributed by atoms with Crippen molar-refractivity contribution >= 4 is 17.7 Å². The third kappa shape index (κ3) is 2.51. The van der Waals surface area contributed by atoms with E-state index in [9.17, 15) is 9.90 Å². The fourth-order valence-electron chi connectivity index (χ4n) is 2.26. The Morgan fingerprint density at radius 2 is 2.18 bits per heavy atom. The molecule has 0 radical (unpaired) electrons. The van der Waals surface area contributed by atoms with Crippen LogP contribution in [0.5, 0.6) is 0 Å². The molecule has 17 heavy (non-hydrogen) atoms. The molecule has 0 saturated carbocycles. The van der Waals surface area contributed by atoms with Crippen LogP contribution in [0.2, 0.25) is 0 Å². The third-order valence-electron chi connectivity index (χ3n) is 2.91. The van der Waals surface area contributed by atoms with E-state index in [0.717, 1.165) is 0 Å². The Labute approximate surface area is 106 Å². The smallest absolute Gasteiger partial charge is 0.410 e. The Morgan fingerprint density at radius 1 is 1.53 bits per heavy atom. The minimum atomic E-state index is -0.684. The van der Waals surface area contributed by atoms with Crippen molar-refractivity contribution in [2.45, 2.75) is 50.0 Å². The van der Waals surface area contributed by atoms with Crippen LogP contribution in [0.25, 0.3) is 0 Å². The number of aliphatic hydroxyl groups is 1. The Kier molecular flexibility index (Phi) is 3.27. The molecule has 2 aliphatic heterocycles. The second-order valence-corrected chi connectivity index (χ2v) is 6.07. The molecule has 0 aromatic heterocycles. The van der Waals surface area contributed by atoms with Crippen molar-refractivity contribution in [1.29, 1.82) is 0 Å². The maximum absolute atomic E-state index is 12.0. The lowest BCUT2D eigenvalue weighted by molar-refractivity contribution is 0.0105. The van der Waals surface area contributed by atoms with E-state index in [2.05, 4.69) is 0 Å². The van der Waals surface area contributed by atoms with Gasteiger partial charge in [0, 0.05) is 6.54 Å². The first-order valence-corrected chi connectivity index (χ1v) is 6.16. The monoisotopic (exact) mass is 263 g/mol. The summed E-state index contributed by atoms with van der Waals surface area (Å²) in [7, 11) is 0. The summed E-state index contributed by atoms with van der Waals surface area (Å²) < 4.78 is 10.7. The fourth-order valence-corrected chi connectivity index (χ4v) is 2.63. The van der Waals surface area contributed by atoms with Gasteiger partial charge in [-0.3, -0.25) is 4.90 Å². The molecule has 2 aliphatic rings. The van der Waals surface area contributed by atoms with Gasteiger partial charge in [0.1, 0.15) is 11.7 Å². The molecule has 1 N–H and O–H groups in total. The van der Waals surface area contributed by atoms with Crippen LogP contribution in [-0.4, -0.2) is 58.5 Å². The number of fused-ring (bicyclic) bond motifs is 1.